The summed E-state index contributed by atoms with van der Waals surface area (Å²) in [6, 6.07) is 21.0. The lowest BCUT2D eigenvalue weighted by Crippen LogP contribution is -2.38. The molecule has 9 nitrogen and oxygen atoms in total. The first-order valence-electron chi connectivity index (χ1n) is 12.4. The second kappa shape index (κ2) is 11.5. The highest BCUT2D eigenvalue weighted by Gasteiger charge is 2.30. The van der Waals surface area contributed by atoms with Gasteiger partial charge in [-0.3, -0.25) is 9.11 Å². The molecule has 1 aliphatic rings. The Hall–Kier alpha value is -3.00. The Labute approximate surface area is 241 Å². The number of anilines is 1. The van der Waals surface area contributed by atoms with Gasteiger partial charge in [0.2, 0.25) is 11.4 Å². The van der Waals surface area contributed by atoms with Crippen LogP contribution < -0.4 is 14.2 Å². The molecule has 0 saturated carbocycles. The van der Waals surface area contributed by atoms with E-state index in [2.05, 4.69) is 0 Å². The van der Waals surface area contributed by atoms with Crippen molar-refractivity contribution in [3.05, 3.63) is 82.6 Å². The lowest BCUT2D eigenvalue weighted by molar-refractivity contribution is -0.664. The maximum Gasteiger partial charge on any atom is 0.271 e. The zero-order valence-electron chi connectivity index (χ0n) is 21.1. The summed E-state index contributed by atoms with van der Waals surface area (Å²) in [7, 11) is -8.29. The van der Waals surface area contributed by atoms with Crippen LogP contribution in [0.3, 0.4) is 0 Å². The summed E-state index contributed by atoms with van der Waals surface area (Å²) in [5.74, 6) is 0.275. The summed E-state index contributed by atoms with van der Waals surface area (Å²) < 4.78 is 73.1. The van der Waals surface area contributed by atoms with Crippen LogP contribution in [-0.2, 0) is 26.8 Å². The molecule has 1 aliphatic heterocycles. The Morgan fingerprint density at radius 2 is 1.65 bits per heavy atom. The van der Waals surface area contributed by atoms with Crippen LogP contribution in [0.15, 0.2) is 72.6 Å². The molecular weight excluding hydrogens is 596 g/mol. The smallest absolute Gasteiger partial charge is 0.271 e. The number of hydrogen-bond acceptors (Lipinski definition) is 7. The molecule has 3 aromatic carbocycles. The molecule has 0 fully saturated rings. The van der Waals surface area contributed by atoms with Crippen molar-refractivity contribution in [2.75, 3.05) is 23.0 Å². The molecule has 0 aliphatic carbocycles. The minimum Gasteiger partial charge on any atom is -0.438 e. The summed E-state index contributed by atoms with van der Waals surface area (Å²) in [6.07, 6.45) is 2.51. The van der Waals surface area contributed by atoms with Crippen molar-refractivity contribution in [2.45, 2.75) is 19.4 Å². The van der Waals surface area contributed by atoms with Crippen molar-refractivity contribution in [2.24, 2.45) is 0 Å². The second-order valence-corrected chi connectivity index (χ2v) is 13.9. The molecule has 0 saturated heterocycles. The van der Waals surface area contributed by atoms with Crippen molar-refractivity contribution in [1.29, 1.82) is 0 Å². The average molecular weight is 622 g/mol. The summed E-state index contributed by atoms with van der Waals surface area (Å²) in [5.41, 5.74) is 3.52. The molecular formula is C27H26ClN2O7S3+. The minimum atomic E-state index is -4.22. The van der Waals surface area contributed by atoms with Gasteiger partial charge in [-0.15, -0.1) is 0 Å². The van der Waals surface area contributed by atoms with Gasteiger partial charge in [-0.05, 0) is 48.2 Å². The van der Waals surface area contributed by atoms with Crippen molar-refractivity contribution < 1.29 is 35.2 Å². The van der Waals surface area contributed by atoms with E-state index in [1.165, 1.54) is 11.3 Å². The van der Waals surface area contributed by atoms with Gasteiger partial charge < -0.3 is 9.64 Å². The van der Waals surface area contributed by atoms with Gasteiger partial charge in [-0.25, -0.2) is 0 Å². The summed E-state index contributed by atoms with van der Waals surface area (Å²) in [6.45, 7) is 0.409. The molecule has 0 amide bonds. The highest BCUT2D eigenvalue weighted by molar-refractivity contribution is 7.86. The predicted molar refractivity (Wildman–Crippen MR) is 157 cm³/mol. The van der Waals surface area contributed by atoms with E-state index in [-0.39, 0.29) is 18.7 Å². The fourth-order valence-electron chi connectivity index (χ4n) is 4.53. The van der Waals surface area contributed by atoms with E-state index in [4.69, 9.17) is 20.9 Å². The Kier molecular flexibility index (Phi) is 8.18. The van der Waals surface area contributed by atoms with Crippen LogP contribution in [0.4, 0.5) is 5.69 Å². The maximum atomic E-state index is 11.6. The van der Waals surface area contributed by atoms with Crippen LogP contribution in [0.2, 0.25) is 5.02 Å². The summed E-state index contributed by atoms with van der Waals surface area (Å²) >= 11 is 7.64. The summed E-state index contributed by atoms with van der Waals surface area (Å²) in [5, 5.41) is 1.17. The zero-order valence-corrected chi connectivity index (χ0v) is 24.3. The van der Waals surface area contributed by atoms with Gasteiger partial charge in [0.1, 0.15) is 10.5 Å². The number of aromatic nitrogens is 1. The van der Waals surface area contributed by atoms with Crippen LogP contribution in [0.25, 0.3) is 27.4 Å². The quantitative estimate of drug-likeness (QED) is 0.140. The number of halogens is 1. The molecule has 0 bridgehead atoms. The largest absolute Gasteiger partial charge is 0.438 e. The van der Waals surface area contributed by atoms with Gasteiger partial charge >= 0.3 is 0 Å². The number of thiazole rings is 1. The monoisotopic (exact) mass is 621 g/mol. The minimum absolute atomic E-state index is 0.00223. The molecule has 0 spiro atoms. The van der Waals surface area contributed by atoms with E-state index in [1.54, 1.807) is 22.8 Å². The molecule has 13 heteroatoms. The number of unbranched alkanes of at least 4 members (excludes halogenated alkanes) is 1. The maximum absolute atomic E-state index is 11.6. The first-order chi connectivity index (χ1) is 19.0. The molecule has 210 valence electrons. The van der Waals surface area contributed by atoms with Crippen LogP contribution in [0.1, 0.15) is 17.8 Å². The van der Waals surface area contributed by atoms with Crippen LogP contribution in [-0.4, -0.2) is 44.0 Å². The lowest BCUT2D eigenvalue weighted by atomic mass is 10.0. The Morgan fingerprint density at radius 3 is 2.38 bits per heavy atom. The fraction of sp³-hybridized carbons (Fsp3) is 0.222. The first kappa shape index (κ1) is 28.5. The lowest BCUT2D eigenvalue weighted by Gasteiger charge is -2.18. The molecule has 1 aromatic heterocycles. The van der Waals surface area contributed by atoms with Crippen molar-refractivity contribution in [1.82, 2.24) is 0 Å². The van der Waals surface area contributed by atoms with E-state index in [9.17, 15) is 21.4 Å². The Balaban J connectivity index is 1.55. The molecule has 5 rings (SSSR count). The topological polar surface area (TPSA) is 125 Å². The number of aryl methyl sites for hydroxylation is 1. The third-order valence-electron chi connectivity index (χ3n) is 6.38. The third kappa shape index (κ3) is 6.82. The molecule has 0 unspecified atom stereocenters. The highest BCUT2D eigenvalue weighted by atomic mass is 35.5. The van der Waals surface area contributed by atoms with E-state index < -0.39 is 26.0 Å². The summed E-state index contributed by atoms with van der Waals surface area (Å²) in [4.78, 5) is 1.94. The normalized spacial score (nSPS) is 14.6. The van der Waals surface area contributed by atoms with Crippen molar-refractivity contribution in [3.8, 4) is 16.9 Å². The van der Waals surface area contributed by atoms with E-state index >= 15 is 0 Å². The van der Waals surface area contributed by atoms with Crippen LogP contribution in [0.5, 0.6) is 5.75 Å². The fourth-order valence-corrected chi connectivity index (χ4v) is 6.77. The van der Waals surface area contributed by atoms with Crippen molar-refractivity contribution >= 4 is 65.2 Å². The Morgan fingerprint density at radius 1 is 0.900 bits per heavy atom. The molecule has 4 aromatic rings. The van der Waals surface area contributed by atoms with Gasteiger partial charge in [-0.1, -0.05) is 59.3 Å². The van der Waals surface area contributed by atoms with Gasteiger partial charge in [0.05, 0.1) is 17.5 Å². The number of fused-ring (bicyclic) bond motifs is 2. The van der Waals surface area contributed by atoms with Crippen molar-refractivity contribution in [3.63, 3.8) is 0 Å². The predicted octanol–water partition coefficient (Wildman–Crippen LogP) is 5.26. The average Bonchev–Trinajstić information content (AvgIpc) is 3.41. The number of rotatable bonds is 10. The highest BCUT2D eigenvalue weighted by Crippen LogP contribution is 2.42. The van der Waals surface area contributed by atoms with Crippen LogP contribution in [0, 0.1) is 0 Å². The first-order valence-corrected chi connectivity index (χ1v) is 16.8. The number of ether oxygens (including phenoxy) is 1. The van der Waals surface area contributed by atoms with E-state index in [0.717, 1.165) is 27.0 Å². The van der Waals surface area contributed by atoms with E-state index in [1.807, 2.05) is 59.5 Å². The molecule has 0 atom stereocenters. The second-order valence-electron chi connectivity index (χ2n) is 9.27. The SMILES string of the molecule is O=S(=O)(O)CCCCN1/C(=C/c2sc3ccc(Cl)cc3[n+]2CCS(=O)(=O)O)Oc2ccc(-c3ccccc3)cc21. The number of hydrogen-bond donors (Lipinski definition) is 2. The standard InChI is InChI=1S/C27H25ClN2O7S3/c28-21-9-11-25-23(17-21)30(13-15-40(34,35)36)27(38-25)18-26-29(12-4-5-14-39(31,32)33)22-16-20(8-10-24(22)37-26)19-6-2-1-3-7-19/h1-3,6-11,16-18H,4-5,12-15H2,(H-,31,32,33,34,35,36)/p+1. The van der Waals surface area contributed by atoms with Gasteiger partial charge in [0, 0.05) is 17.6 Å². The molecule has 2 heterocycles. The van der Waals surface area contributed by atoms with Gasteiger partial charge in [-0.2, -0.15) is 21.4 Å². The van der Waals surface area contributed by atoms with E-state index in [0.29, 0.717) is 34.6 Å². The molecule has 40 heavy (non-hydrogen) atoms. The third-order valence-corrected chi connectivity index (χ3v) is 9.23. The molecule has 2 N–H and O–H groups in total. The zero-order chi connectivity index (χ0) is 28.5. The Bertz CT molecular complexity index is 1800. The van der Waals surface area contributed by atoms with Gasteiger partial charge in [0.15, 0.2) is 12.3 Å². The van der Waals surface area contributed by atoms with Gasteiger partial charge in [0.25, 0.3) is 25.2 Å². The number of nitrogens with zero attached hydrogens (tertiary/aromatic N) is 2. The van der Waals surface area contributed by atoms with Crippen LogP contribution >= 0.6 is 22.9 Å². The number of benzene rings is 3. The molecule has 0 radical (unpaired) electrons.